The second-order valence-electron chi connectivity index (χ2n) is 11.5. The molecule has 5 rings (SSSR count). The van der Waals surface area contributed by atoms with E-state index in [0.717, 1.165) is 67.9 Å². The first kappa shape index (κ1) is 32.6. The normalized spacial score (nSPS) is 20.8. The van der Waals surface area contributed by atoms with E-state index in [1.807, 2.05) is 48.5 Å². The van der Waals surface area contributed by atoms with Gasteiger partial charge in [-0.15, -0.1) is 0 Å². The Morgan fingerprint density at radius 1 is 0.822 bits per heavy atom. The highest BCUT2D eigenvalue weighted by Crippen LogP contribution is 2.38. The smallest absolute Gasteiger partial charge is 0.325 e. The van der Waals surface area contributed by atoms with Crippen molar-refractivity contribution in [3.05, 3.63) is 107 Å². The summed E-state index contributed by atoms with van der Waals surface area (Å²) >= 11 is 0. The van der Waals surface area contributed by atoms with E-state index in [2.05, 4.69) is 50.8 Å². The van der Waals surface area contributed by atoms with Crippen LogP contribution in [0.1, 0.15) is 53.6 Å². The van der Waals surface area contributed by atoms with E-state index in [9.17, 15) is 14.7 Å². The fraction of sp³-hybridized carbons (Fsp3) is 0.429. The van der Waals surface area contributed by atoms with Crippen molar-refractivity contribution in [2.24, 2.45) is 0 Å². The first-order valence-electron chi connectivity index (χ1n) is 15.7. The molecule has 10 heteroatoms. The quantitative estimate of drug-likeness (QED) is 0.263. The summed E-state index contributed by atoms with van der Waals surface area (Å²) in [4.78, 5) is 28.5. The third-order valence-electron chi connectivity index (χ3n) is 8.19. The van der Waals surface area contributed by atoms with Crippen molar-refractivity contribution in [3.63, 3.8) is 0 Å². The number of hydrogen-bond donors (Lipinski definition) is 3. The van der Waals surface area contributed by atoms with Crippen molar-refractivity contribution >= 4 is 12.0 Å². The number of ether oxygens (including phenoxy) is 3. The first-order chi connectivity index (χ1) is 22.0. The number of urea groups is 1. The number of carbonyl (C=O) groups excluding carboxylic acids is 2. The third-order valence-corrected chi connectivity index (χ3v) is 8.19. The molecule has 2 heterocycles. The Bertz CT molecular complexity index is 1350. The Labute approximate surface area is 265 Å². The van der Waals surface area contributed by atoms with Gasteiger partial charge in [0, 0.05) is 57.8 Å². The Morgan fingerprint density at radius 2 is 1.49 bits per heavy atom. The van der Waals surface area contributed by atoms with Crippen LogP contribution in [-0.4, -0.2) is 78.9 Å². The van der Waals surface area contributed by atoms with Gasteiger partial charge in [-0.05, 0) is 29.2 Å². The molecule has 2 amide bonds. The fourth-order valence-electron chi connectivity index (χ4n) is 5.69. The van der Waals surface area contributed by atoms with Gasteiger partial charge in [0.05, 0.1) is 25.4 Å². The number of hydrogen-bond acceptors (Lipinski definition) is 8. The van der Waals surface area contributed by atoms with E-state index in [4.69, 9.17) is 14.2 Å². The minimum absolute atomic E-state index is 0.00464. The van der Waals surface area contributed by atoms with Crippen LogP contribution in [-0.2, 0) is 38.7 Å². The van der Waals surface area contributed by atoms with Crippen LogP contribution >= 0.6 is 0 Å². The number of esters is 1. The molecule has 0 spiro atoms. The molecular formula is C35H44N4O6. The van der Waals surface area contributed by atoms with Gasteiger partial charge < -0.3 is 30.0 Å². The molecule has 10 nitrogen and oxygen atoms in total. The van der Waals surface area contributed by atoms with Crippen molar-refractivity contribution in [1.29, 1.82) is 0 Å². The van der Waals surface area contributed by atoms with Crippen LogP contribution in [0.2, 0.25) is 0 Å². The van der Waals surface area contributed by atoms with Crippen LogP contribution in [0.3, 0.4) is 0 Å². The summed E-state index contributed by atoms with van der Waals surface area (Å²) < 4.78 is 17.9. The molecule has 3 N–H and O–H groups in total. The van der Waals surface area contributed by atoms with Crippen molar-refractivity contribution in [2.75, 3.05) is 45.9 Å². The summed E-state index contributed by atoms with van der Waals surface area (Å²) in [6, 6.07) is 25.9. The van der Waals surface area contributed by atoms with Crippen molar-refractivity contribution in [1.82, 2.24) is 20.4 Å². The second kappa shape index (κ2) is 16.5. The molecular weight excluding hydrogens is 572 g/mol. The van der Waals surface area contributed by atoms with Crippen molar-refractivity contribution in [2.45, 2.75) is 51.5 Å². The molecule has 2 aliphatic rings. The molecule has 0 bridgehead atoms. The van der Waals surface area contributed by atoms with E-state index in [0.29, 0.717) is 6.54 Å². The Kier molecular flexibility index (Phi) is 11.9. The number of amides is 2. The van der Waals surface area contributed by atoms with Crippen LogP contribution in [0, 0.1) is 0 Å². The topological polar surface area (TPSA) is 113 Å². The minimum Gasteiger partial charge on any atom is -0.465 e. The lowest BCUT2D eigenvalue weighted by molar-refractivity contribution is -0.253. The molecule has 3 atom stereocenters. The lowest BCUT2D eigenvalue weighted by Crippen LogP contribution is -2.49. The number of nitrogens with one attached hydrogen (secondary N) is 2. The van der Waals surface area contributed by atoms with E-state index in [1.54, 1.807) is 6.92 Å². The fourth-order valence-corrected chi connectivity index (χ4v) is 5.69. The third kappa shape index (κ3) is 9.84. The summed E-state index contributed by atoms with van der Waals surface area (Å²) in [5.41, 5.74) is 5.08. The Hall–Kier alpha value is -3.80. The number of carbonyl (C=O) groups is 2. The Balaban J connectivity index is 1.18. The minimum atomic E-state index is -0.541. The number of aliphatic hydroxyl groups excluding tert-OH is 1. The predicted octanol–water partition coefficient (Wildman–Crippen LogP) is 3.90. The van der Waals surface area contributed by atoms with Gasteiger partial charge in [0.1, 0.15) is 6.54 Å². The summed E-state index contributed by atoms with van der Waals surface area (Å²) in [6.45, 7) is 7.93. The molecule has 45 heavy (non-hydrogen) atoms. The van der Waals surface area contributed by atoms with E-state index in [-0.39, 0.29) is 32.0 Å². The highest BCUT2D eigenvalue weighted by Gasteiger charge is 2.33. The average molecular weight is 617 g/mol. The maximum atomic E-state index is 12.1. The second-order valence-corrected chi connectivity index (χ2v) is 11.5. The molecule has 0 unspecified atom stereocenters. The summed E-state index contributed by atoms with van der Waals surface area (Å²) in [7, 11) is 0. The molecule has 2 aliphatic heterocycles. The molecule has 0 aliphatic carbocycles. The number of piperazine rings is 1. The Morgan fingerprint density at radius 3 is 2.18 bits per heavy atom. The van der Waals surface area contributed by atoms with Crippen LogP contribution in [0.5, 0.6) is 0 Å². The van der Waals surface area contributed by atoms with E-state index >= 15 is 0 Å². The number of benzene rings is 3. The SMILES string of the molecule is CCOC(=O)CNC(=O)NCc1ccc([C@@H]2O[C@H](CN3CCN(Cc4ccccc4)CC3)C[C@H](c3ccc(CO)cc3)O2)cc1. The zero-order valence-corrected chi connectivity index (χ0v) is 25.9. The standard InChI is InChI=1S/C35H44N4O6/c1-2-43-33(41)22-37-35(42)36-21-26-8-14-30(15-9-26)34-44-31(20-32(45-34)29-12-10-28(25-40)11-13-29)24-39-18-16-38(17-19-39)23-27-6-4-3-5-7-27/h3-15,31-32,34,40H,2,16-25H2,1H3,(H2,36,37,42)/t31-,32+,34+/m0/s1. The number of rotatable bonds is 12. The molecule has 0 radical (unpaired) electrons. The monoisotopic (exact) mass is 616 g/mol. The molecule has 2 saturated heterocycles. The molecule has 3 aromatic carbocycles. The maximum Gasteiger partial charge on any atom is 0.325 e. The van der Waals surface area contributed by atoms with Crippen LogP contribution in [0.4, 0.5) is 4.79 Å². The number of nitrogens with zero attached hydrogens (tertiary/aromatic N) is 2. The largest absolute Gasteiger partial charge is 0.465 e. The molecule has 240 valence electrons. The molecule has 0 saturated carbocycles. The van der Waals surface area contributed by atoms with Gasteiger partial charge in [-0.3, -0.25) is 14.6 Å². The lowest BCUT2D eigenvalue weighted by atomic mass is 9.99. The molecule has 0 aromatic heterocycles. The van der Waals surface area contributed by atoms with Crippen LogP contribution in [0.25, 0.3) is 0 Å². The zero-order valence-electron chi connectivity index (χ0n) is 25.9. The predicted molar refractivity (Wildman–Crippen MR) is 170 cm³/mol. The van der Waals surface area contributed by atoms with Gasteiger partial charge in [0.2, 0.25) is 0 Å². The van der Waals surface area contributed by atoms with Gasteiger partial charge in [-0.2, -0.15) is 0 Å². The van der Waals surface area contributed by atoms with Crippen LogP contribution in [0.15, 0.2) is 78.9 Å². The number of aliphatic hydroxyl groups is 1. The van der Waals surface area contributed by atoms with Crippen molar-refractivity contribution in [3.8, 4) is 0 Å². The zero-order chi connectivity index (χ0) is 31.4. The van der Waals surface area contributed by atoms with E-state index < -0.39 is 18.3 Å². The van der Waals surface area contributed by atoms with Gasteiger partial charge in [0.25, 0.3) is 0 Å². The first-order valence-corrected chi connectivity index (χ1v) is 15.7. The highest BCUT2D eigenvalue weighted by atomic mass is 16.7. The van der Waals surface area contributed by atoms with Gasteiger partial charge >= 0.3 is 12.0 Å². The van der Waals surface area contributed by atoms with Gasteiger partial charge in [-0.1, -0.05) is 78.9 Å². The lowest BCUT2D eigenvalue weighted by Gasteiger charge is -2.40. The van der Waals surface area contributed by atoms with Crippen molar-refractivity contribution < 1.29 is 28.9 Å². The molecule has 3 aromatic rings. The highest BCUT2D eigenvalue weighted by molar-refractivity contribution is 5.80. The maximum absolute atomic E-state index is 12.1. The summed E-state index contributed by atoms with van der Waals surface area (Å²) in [6.07, 6.45) is 0.0319. The van der Waals surface area contributed by atoms with Gasteiger partial charge in [-0.25, -0.2) is 4.79 Å². The van der Waals surface area contributed by atoms with Gasteiger partial charge in [0.15, 0.2) is 6.29 Å². The average Bonchev–Trinajstić information content (AvgIpc) is 3.08. The van der Waals surface area contributed by atoms with E-state index in [1.165, 1.54) is 5.56 Å². The molecule has 2 fully saturated rings. The van der Waals surface area contributed by atoms with Crippen LogP contribution < -0.4 is 10.6 Å². The summed E-state index contributed by atoms with van der Waals surface area (Å²) in [5, 5.41) is 14.8. The summed E-state index contributed by atoms with van der Waals surface area (Å²) in [5.74, 6) is -0.476.